The molecule has 0 saturated heterocycles. The van der Waals surface area contributed by atoms with Gasteiger partial charge in [-0.25, -0.2) is 4.79 Å². The Morgan fingerprint density at radius 3 is 2.14 bits per heavy atom. The van der Waals surface area contributed by atoms with Gasteiger partial charge >= 0.3 is 5.97 Å². The first-order valence-corrected chi connectivity index (χ1v) is 9.38. The lowest BCUT2D eigenvalue weighted by molar-refractivity contribution is -0.138. The van der Waals surface area contributed by atoms with Crippen molar-refractivity contribution in [3.8, 4) is 0 Å². The van der Waals surface area contributed by atoms with Crippen LogP contribution in [0, 0.1) is 0 Å². The van der Waals surface area contributed by atoms with Gasteiger partial charge in [0.25, 0.3) is 5.91 Å². The summed E-state index contributed by atoms with van der Waals surface area (Å²) in [6.07, 6.45) is 0. The SMILES string of the molecule is CCNC(=O)CN(CC)C(=O)COC(=O)c1ccccc1C(=O)c1ccccc1. The number of nitrogens with zero attached hydrogens (tertiary/aromatic N) is 1. The van der Waals surface area contributed by atoms with Crippen molar-refractivity contribution in [3.63, 3.8) is 0 Å². The molecular weight excluding hydrogens is 372 g/mol. The molecule has 0 fully saturated rings. The van der Waals surface area contributed by atoms with Crippen molar-refractivity contribution in [2.45, 2.75) is 13.8 Å². The van der Waals surface area contributed by atoms with Gasteiger partial charge in [0.2, 0.25) is 5.91 Å². The lowest BCUT2D eigenvalue weighted by atomic mass is 9.98. The molecule has 2 aromatic rings. The molecular formula is C22H24N2O5. The third-order valence-electron chi connectivity index (χ3n) is 4.20. The summed E-state index contributed by atoms with van der Waals surface area (Å²) in [5.41, 5.74) is 0.731. The first-order chi connectivity index (χ1) is 14.0. The maximum absolute atomic E-state index is 12.7. The average Bonchev–Trinajstić information content (AvgIpc) is 2.75. The van der Waals surface area contributed by atoms with Gasteiger partial charge in [-0.2, -0.15) is 0 Å². The Morgan fingerprint density at radius 1 is 0.897 bits per heavy atom. The summed E-state index contributed by atoms with van der Waals surface area (Å²) in [6, 6.07) is 14.9. The Bertz CT molecular complexity index is 880. The Kier molecular flexibility index (Phi) is 8.09. The third-order valence-corrected chi connectivity index (χ3v) is 4.20. The molecule has 2 amide bonds. The largest absolute Gasteiger partial charge is 0.452 e. The molecule has 0 heterocycles. The average molecular weight is 396 g/mol. The maximum Gasteiger partial charge on any atom is 0.339 e. The molecule has 0 aromatic heterocycles. The van der Waals surface area contributed by atoms with E-state index in [1.807, 2.05) is 0 Å². The smallest absolute Gasteiger partial charge is 0.339 e. The second kappa shape index (κ2) is 10.8. The fraction of sp³-hybridized carbons (Fsp3) is 0.273. The number of benzene rings is 2. The van der Waals surface area contributed by atoms with Gasteiger partial charge in [0, 0.05) is 24.2 Å². The number of esters is 1. The fourth-order valence-corrected chi connectivity index (χ4v) is 2.70. The van der Waals surface area contributed by atoms with Crippen molar-refractivity contribution < 1.29 is 23.9 Å². The van der Waals surface area contributed by atoms with Crippen LogP contribution in [-0.2, 0) is 14.3 Å². The molecule has 0 radical (unpaired) electrons. The second-order valence-electron chi connectivity index (χ2n) is 6.18. The van der Waals surface area contributed by atoms with E-state index in [1.165, 1.54) is 11.0 Å². The summed E-state index contributed by atoms with van der Waals surface area (Å²) in [7, 11) is 0. The quantitative estimate of drug-likeness (QED) is 0.517. The molecule has 0 unspecified atom stereocenters. The highest BCUT2D eigenvalue weighted by molar-refractivity contribution is 6.14. The summed E-state index contributed by atoms with van der Waals surface area (Å²) in [6.45, 7) is 3.66. The lowest BCUT2D eigenvalue weighted by Crippen LogP contribution is -2.42. The molecule has 2 aromatic carbocycles. The van der Waals surface area contributed by atoms with E-state index in [4.69, 9.17) is 4.74 Å². The second-order valence-corrected chi connectivity index (χ2v) is 6.18. The van der Waals surface area contributed by atoms with E-state index >= 15 is 0 Å². The predicted octanol–water partition coefficient (Wildman–Crippen LogP) is 2.06. The van der Waals surface area contributed by atoms with Crippen LogP contribution in [0.25, 0.3) is 0 Å². The number of hydrogen-bond acceptors (Lipinski definition) is 5. The van der Waals surface area contributed by atoms with E-state index in [-0.39, 0.29) is 29.4 Å². The van der Waals surface area contributed by atoms with E-state index < -0.39 is 18.5 Å². The minimum Gasteiger partial charge on any atom is -0.452 e. The highest BCUT2D eigenvalue weighted by Gasteiger charge is 2.21. The lowest BCUT2D eigenvalue weighted by Gasteiger charge is -2.20. The Morgan fingerprint density at radius 2 is 1.52 bits per heavy atom. The maximum atomic E-state index is 12.7. The number of ether oxygens (including phenoxy) is 1. The molecule has 2 rings (SSSR count). The van der Waals surface area contributed by atoms with Crippen LogP contribution in [0.3, 0.4) is 0 Å². The van der Waals surface area contributed by atoms with E-state index in [1.54, 1.807) is 62.4 Å². The van der Waals surface area contributed by atoms with Crippen LogP contribution in [0.2, 0.25) is 0 Å². The number of nitrogens with one attached hydrogen (secondary N) is 1. The van der Waals surface area contributed by atoms with Crippen molar-refractivity contribution in [1.82, 2.24) is 10.2 Å². The van der Waals surface area contributed by atoms with Crippen molar-refractivity contribution >= 4 is 23.6 Å². The van der Waals surface area contributed by atoms with E-state index in [2.05, 4.69) is 5.32 Å². The van der Waals surface area contributed by atoms with Gasteiger partial charge in [-0.05, 0) is 19.9 Å². The zero-order valence-electron chi connectivity index (χ0n) is 16.5. The third kappa shape index (κ3) is 6.00. The summed E-state index contributed by atoms with van der Waals surface area (Å²) >= 11 is 0. The van der Waals surface area contributed by atoms with E-state index in [0.29, 0.717) is 18.7 Å². The standard InChI is InChI=1S/C22H24N2O5/c1-3-23-19(25)14-24(4-2)20(26)15-29-22(28)18-13-9-8-12-17(18)21(27)16-10-6-5-7-11-16/h5-13H,3-4,14-15H2,1-2H3,(H,23,25). The molecule has 152 valence electrons. The van der Waals surface area contributed by atoms with Crippen molar-refractivity contribution in [3.05, 3.63) is 71.3 Å². The van der Waals surface area contributed by atoms with Gasteiger partial charge in [-0.1, -0.05) is 48.5 Å². The molecule has 1 N–H and O–H groups in total. The van der Waals surface area contributed by atoms with Crippen molar-refractivity contribution in [2.24, 2.45) is 0 Å². The Hall–Kier alpha value is -3.48. The summed E-state index contributed by atoms with van der Waals surface area (Å²) < 4.78 is 5.13. The van der Waals surface area contributed by atoms with Gasteiger partial charge in [-0.3, -0.25) is 14.4 Å². The van der Waals surface area contributed by atoms with Crippen LogP contribution in [-0.4, -0.2) is 54.7 Å². The molecule has 7 heteroatoms. The summed E-state index contributed by atoms with van der Waals surface area (Å²) in [5, 5.41) is 2.61. The minimum absolute atomic E-state index is 0.0842. The van der Waals surface area contributed by atoms with Gasteiger partial charge in [-0.15, -0.1) is 0 Å². The van der Waals surface area contributed by atoms with Crippen LogP contribution in [0.5, 0.6) is 0 Å². The number of rotatable bonds is 9. The highest BCUT2D eigenvalue weighted by atomic mass is 16.5. The fourth-order valence-electron chi connectivity index (χ4n) is 2.70. The normalized spacial score (nSPS) is 10.1. The van der Waals surface area contributed by atoms with Gasteiger partial charge in [0.1, 0.15) is 0 Å². The molecule has 0 aliphatic heterocycles. The highest BCUT2D eigenvalue weighted by Crippen LogP contribution is 2.16. The molecule has 0 bridgehead atoms. The number of hydrogen-bond donors (Lipinski definition) is 1. The van der Waals surface area contributed by atoms with Crippen molar-refractivity contribution in [1.29, 1.82) is 0 Å². The number of likely N-dealkylation sites (N-methyl/N-ethyl adjacent to an activating group) is 2. The molecule has 0 atom stereocenters. The zero-order valence-corrected chi connectivity index (χ0v) is 16.5. The van der Waals surface area contributed by atoms with Gasteiger partial charge in [0.15, 0.2) is 12.4 Å². The first kappa shape index (κ1) is 21.8. The Balaban J connectivity index is 2.07. The van der Waals surface area contributed by atoms with E-state index in [9.17, 15) is 19.2 Å². The molecule has 0 aliphatic rings. The molecule has 7 nitrogen and oxygen atoms in total. The predicted molar refractivity (Wildman–Crippen MR) is 108 cm³/mol. The number of carbonyl (C=O) groups is 4. The van der Waals surface area contributed by atoms with Crippen LogP contribution in [0.1, 0.15) is 40.1 Å². The van der Waals surface area contributed by atoms with Crippen molar-refractivity contribution in [2.75, 3.05) is 26.2 Å². The van der Waals surface area contributed by atoms with Crippen LogP contribution < -0.4 is 5.32 Å². The Labute approximate surface area is 169 Å². The molecule has 0 aliphatic carbocycles. The minimum atomic E-state index is -0.771. The molecule has 0 saturated carbocycles. The molecule has 29 heavy (non-hydrogen) atoms. The number of carbonyl (C=O) groups excluding carboxylic acids is 4. The first-order valence-electron chi connectivity index (χ1n) is 9.38. The zero-order chi connectivity index (χ0) is 21.2. The summed E-state index contributed by atoms with van der Waals surface area (Å²) in [5.74, 6) is -1.85. The molecule has 0 spiro atoms. The number of ketones is 1. The summed E-state index contributed by atoms with van der Waals surface area (Å²) in [4.78, 5) is 50.5. The van der Waals surface area contributed by atoms with Gasteiger partial charge in [0.05, 0.1) is 12.1 Å². The van der Waals surface area contributed by atoms with Crippen LogP contribution >= 0.6 is 0 Å². The monoisotopic (exact) mass is 396 g/mol. The van der Waals surface area contributed by atoms with Crippen LogP contribution in [0.15, 0.2) is 54.6 Å². The van der Waals surface area contributed by atoms with Crippen LogP contribution in [0.4, 0.5) is 0 Å². The van der Waals surface area contributed by atoms with E-state index in [0.717, 1.165) is 0 Å². The van der Waals surface area contributed by atoms with Gasteiger partial charge < -0.3 is 15.0 Å². The number of amides is 2. The topological polar surface area (TPSA) is 92.8 Å².